The van der Waals surface area contributed by atoms with Gasteiger partial charge in [0.1, 0.15) is 17.3 Å². The first-order chi connectivity index (χ1) is 8.63. The summed E-state index contributed by atoms with van der Waals surface area (Å²) in [4.78, 5) is 0. The fourth-order valence-electron chi connectivity index (χ4n) is 1.41. The molecule has 0 unspecified atom stereocenters. The molecule has 0 amide bonds. The largest absolute Gasteiger partial charge is 0.310 e. The second-order valence-electron chi connectivity index (χ2n) is 3.50. The summed E-state index contributed by atoms with van der Waals surface area (Å²) in [7, 11) is 0. The third-order valence-electron chi connectivity index (χ3n) is 2.29. The number of aromatic nitrogens is 4. The number of hydrogen-bond acceptors (Lipinski definition) is 4. The molecule has 1 heterocycles. The van der Waals surface area contributed by atoms with Gasteiger partial charge in [-0.3, -0.25) is 0 Å². The van der Waals surface area contributed by atoms with Crippen LogP contribution < -0.4 is 5.32 Å². The van der Waals surface area contributed by atoms with Crippen LogP contribution in [0.1, 0.15) is 12.7 Å². The van der Waals surface area contributed by atoms with E-state index in [0.29, 0.717) is 12.4 Å². The van der Waals surface area contributed by atoms with Crippen molar-refractivity contribution in [2.75, 3.05) is 6.54 Å². The van der Waals surface area contributed by atoms with Crippen LogP contribution in [0.2, 0.25) is 0 Å². The van der Waals surface area contributed by atoms with E-state index in [1.165, 1.54) is 4.68 Å². The lowest BCUT2D eigenvalue weighted by Crippen LogP contribution is -2.17. The highest BCUT2D eigenvalue weighted by atomic mass is 79.9. The van der Waals surface area contributed by atoms with Gasteiger partial charge in [-0.25, -0.2) is 8.78 Å². The molecule has 1 aromatic carbocycles. The number of nitrogens with zero attached hydrogens (tertiary/aromatic N) is 4. The Morgan fingerprint density at radius 2 is 2.11 bits per heavy atom. The Morgan fingerprint density at radius 3 is 2.83 bits per heavy atom. The number of hydrogen-bond donors (Lipinski definition) is 1. The molecule has 0 fully saturated rings. The molecule has 2 aromatic rings. The van der Waals surface area contributed by atoms with Crippen LogP contribution in [-0.2, 0) is 6.54 Å². The molecular weight excluding hydrogens is 308 g/mol. The van der Waals surface area contributed by atoms with Crippen LogP contribution in [0.15, 0.2) is 16.6 Å². The Labute approximate surface area is 110 Å². The zero-order valence-corrected chi connectivity index (χ0v) is 11.1. The summed E-state index contributed by atoms with van der Waals surface area (Å²) in [5, 5.41) is 13.9. The standard InChI is InChI=1S/C10H10BrF2N5/c1-2-14-5-10-15-16-17-18(10)9-4-7(12)6(11)3-8(9)13/h3-4,14H,2,5H2,1H3. The molecule has 0 aliphatic rings. The zero-order chi connectivity index (χ0) is 13.1. The third kappa shape index (κ3) is 2.54. The van der Waals surface area contributed by atoms with Crippen LogP contribution in [0, 0.1) is 11.6 Å². The van der Waals surface area contributed by atoms with Crippen molar-refractivity contribution in [2.24, 2.45) is 0 Å². The molecule has 1 aromatic heterocycles. The molecule has 8 heteroatoms. The van der Waals surface area contributed by atoms with Crippen LogP contribution in [0.25, 0.3) is 5.69 Å². The fraction of sp³-hybridized carbons (Fsp3) is 0.300. The quantitative estimate of drug-likeness (QED) is 0.874. The Morgan fingerprint density at radius 1 is 1.33 bits per heavy atom. The third-order valence-corrected chi connectivity index (χ3v) is 2.89. The van der Waals surface area contributed by atoms with E-state index in [0.717, 1.165) is 18.7 Å². The van der Waals surface area contributed by atoms with Gasteiger partial charge < -0.3 is 5.32 Å². The normalized spacial score (nSPS) is 10.9. The summed E-state index contributed by atoms with van der Waals surface area (Å²) in [6.07, 6.45) is 0. The number of rotatable bonds is 4. The van der Waals surface area contributed by atoms with E-state index in [1.807, 2.05) is 6.92 Å². The van der Waals surface area contributed by atoms with Gasteiger partial charge in [0.25, 0.3) is 0 Å². The summed E-state index contributed by atoms with van der Waals surface area (Å²) in [5.41, 5.74) is -0.0198. The molecule has 0 spiro atoms. The summed E-state index contributed by atoms with van der Waals surface area (Å²) in [6.45, 7) is 3.03. The second-order valence-corrected chi connectivity index (χ2v) is 4.36. The maximum absolute atomic E-state index is 13.8. The van der Waals surface area contributed by atoms with Crippen molar-refractivity contribution in [1.82, 2.24) is 25.5 Å². The number of halogens is 3. The summed E-state index contributed by atoms with van der Waals surface area (Å²) < 4.78 is 28.4. The average Bonchev–Trinajstić information content (AvgIpc) is 2.79. The number of nitrogens with one attached hydrogen (secondary N) is 1. The van der Waals surface area contributed by atoms with Gasteiger partial charge in [-0.2, -0.15) is 4.68 Å². The Hall–Kier alpha value is -1.41. The highest BCUT2D eigenvalue weighted by molar-refractivity contribution is 9.10. The predicted octanol–water partition coefficient (Wildman–Crippen LogP) is 1.81. The SMILES string of the molecule is CCNCc1nnnn1-c1cc(F)c(Br)cc1F. The fourth-order valence-corrected chi connectivity index (χ4v) is 1.73. The average molecular weight is 318 g/mol. The summed E-state index contributed by atoms with van der Waals surface area (Å²) in [5.74, 6) is -0.762. The van der Waals surface area contributed by atoms with Gasteiger partial charge in [0.2, 0.25) is 0 Å². The van der Waals surface area contributed by atoms with Crippen molar-refractivity contribution in [3.8, 4) is 5.69 Å². The summed E-state index contributed by atoms with van der Waals surface area (Å²) in [6, 6.07) is 2.09. The minimum Gasteiger partial charge on any atom is -0.310 e. The van der Waals surface area contributed by atoms with Gasteiger partial charge in [0.05, 0.1) is 11.0 Å². The second kappa shape index (κ2) is 5.49. The predicted molar refractivity (Wildman–Crippen MR) is 64.2 cm³/mol. The van der Waals surface area contributed by atoms with Crippen molar-refractivity contribution in [1.29, 1.82) is 0 Å². The molecule has 0 bridgehead atoms. The first-order valence-electron chi connectivity index (χ1n) is 5.26. The lowest BCUT2D eigenvalue weighted by Gasteiger charge is -2.07. The van der Waals surface area contributed by atoms with Gasteiger partial charge in [0, 0.05) is 6.07 Å². The molecule has 0 saturated carbocycles. The number of tetrazole rings is 1. The molecule has 0 atom stereocenters. The lowest BCUT2D eigenvalue weighted by molar-refractivity contribution is 0.572. The lowest BCUT2D eigenvalue weighted by atomic mass is 10.3. The van der Waals surface area contributed by atoms with Crippen LogP contribution in [-0.4, -0.2) is 26.8 Å². The maximum atomic E-state index is 13.8. The van der Waals surface area contributed by atoms with Crippen LogP contribution in [0.4, 0.5) is 8.78 Å². The number of benzene rings is 1. The van der Waals surface area contributed by atoms with E-state index in [2.05, 4.69) is 36.8 Å². The first-order valence-corrected chi connectivity index (χ1v) is 6.05. The van der Waals surface area contributed by atoms with E-state index in [9.17, 15) is 8.78 Å². The highest BCUT2D eigenvalue weighted by Crippen LogP contribution is 2.22. The minimum atomic E-state index is -0.603. The molecule has 5 nitrogen and oxygen atoms in total. The van der Waals surface area contributed by atoms with E-state index in [-0.39, 0.29) is 10.2 Å². The Kier molecular flexibility index (Phi) is 3.97. The van der Waals surface area contributed by atoms with Crippen molar-refractivity contribution >= 4 is 15.9 Å². The van der Waals surface area contributed by atoms with E-state index in [1.54, 1.807) is 0 Å². The summed E-state index contributed by atoms with van der Waals surface area (Å²) >= 11 is 2.92. The molecule has 1 N–H and O–H groups in total. The molecule has 2 rings (SSSR count). The van der Waals surface area contributed by atoms with Crippen LogP contribution in [0.5, 0.6) is 0 Å². The first kappa shape index (κ1) is 13.0. The Bertz CT molecular complexity index is 557. The van der Waals surface area contributed by atoms with Crippen LogP contribution >= 0.6 is 15.9 Å². The highest BCUT2D eigenvalue weighted by Gasteiger charge is 2.14. The van der Waals surface area contributed by atoms with E-state index in [4.69, 9.17) is 0 Å². The van der Waals surface area contributed by atoms with E-state index < -0.39 is 11.6 Å². The van der Waals surface area contributed by atoms with E-state index >= 15 is 0 Å². The van der Waals surface area contributed by atoms with Crippen molar-refractivity contribution in [3.63, 3.8) is 0 Å². The zero-order valence-electron chi connectivity index (χ0n) is 9.49. The monoisotopic (exact) mass is 317 g/mol. The molecule has 0 saturated heterocycles. The molecule has 0 aliphatic carbocycles. The topological polar surface area (TPSA) is 55.6 Å². The molecular formula is C10H10BrF2N5. The molecule has 18 heavy (non-hydrogen) atoms. The Balaban J connectivity index is 2.42. The van der Waals surface area contributed by atoms with Crippen molar-refractivity contribution < 1.29 is 8.78 Å². The van der Waals surface area contributed by atoms with Crippen molar-refractivity contribution in [2.45, 2.75) is 13.5 Å². The molecule has 0 aliphatic heterocycles. The van der Waals surface area contributed by atoms with Gasteiger partial charge >= 0.3 is 0 Å². The molecule has 0 radical (unpaired) electrons. The van der Waals surface area contributed by atoms with Crippen LogP contribution in [0.3, 0.4) is 0 Å². The van der Waals surface area contributed by atoms with Gasteiger partial charge in [0.15, 0.2) is 5.82 Å². The minimum absolute atomic E-state index is 0.0198. The molecule has 96 valence electrons. The van der Waals surface area contributed by atoms with Crippen molar-refractivity contribution in [3.05, 3.63) is 34.1 Å². The van der Waals surface area contributed by atoms with Gasteiger partial charge in [-0.1, -0.05) is 6.92 Å². The maximum Gasteiger partial charge on any atom is 0.170 e. The van der Waals surface area contributed by atoms with Gasteiger partial charge in [-0.05, 0) is 39.0 Å². The van der Waals surface area contributed by atoms with Gasteiger partial charge in [-0.15, -0.1) is 5.10 Å². The smallest absolute Gasteiger partial charge is 0.170 e.